The van der Waals surface area contributed by atoms with Crippen molar-refractivity contribution < 1.29 is 8.83 Å². The summed E-state index contributed by atoms with van der Waals surface area (Å²) < 4.78 is 12.7. The highest BCUT2D eigenvalue weighted by atomic mass is 16.3. The lowest BCUT2D eigenvalue weighted by Gasteiger charge is -2.10. The molecule has 0 spiro atoms. The summed E-state index contributed by atoms with van der Waals surface area (Å²) in [5.74, 6) is 1.14. The van der Waals surface area contributed by atoms with Gasteiger partial charge < -0.3 is 8.83 Å². The molecule has 6 heteroatoms. The monoisotopic (exact) mass is 718 g/mol. The van der Waals surface area contributed by atoms with Crippen LogP contribution in [0.25, 0.3) is 112 Å². The number of hydrogen-bond acceptors (Lipinski definition) is 6. The first-order chi connectivity index (χ1) is 27.7. The summed E-state index contributed by atoms with van der Waals surface area (Å²) in [6.45, 7) is 0. The molecule has 0 aliphatic heterocycles. The van der Waals surface area contributed by atoms with E-state index in [1.807, 2.05) is 72.8 Å². The van der Waals surface area contributed by atoms with Crippen LogP contribution in [0.4, 0.5) is 0 Å². The maximum Gasteiger partial charge on any atom is 0.231 e. The molecule has 0 radical (unpaired) electrons. The van der Waals surface area contributed by atoms with Gasteiger partial charge in [0.1, 0.15) is 11.2 Å². The van der Waals surface area contributed by atoms with Gasteiger partial charge >= 0.3 is 0 Å². The molecule has 0 aliphatic rings. The van der Waals surface area contributed by atoms with Crippen molar-refractivity contribution in [3.8, 4) is 67.5 Å². The molecule has 0 amide bonds. The first-order valence-electron chi connectivity index (χ1n) is 18.5. The number of fused-ring (bicyclic) bond motifs is 6. The van der Waals surface area contributed by atoms with E-state index >= 15 is 0 Å². The Morgan fingerprint density at radius 3 is 1.00 bits per heavy atom. The quantitative estimate of drug-likeness (QED) is 0.170. The van der Waals surface area contributed by atoms with Crippen molar-refractivity contribution in [3.63, 3.8) is 0 Å². The molecule has 11 rings (SSSR count). The molecule has 262 valence electrons. The van der Waals surface area contributed by atoms with Crippen LogP contribution in [-0.4, -0.2) is 19.9 Å². The lowest BCUT2D eigenvalue weighted by molar-refractivity contribution is 0.653. The molecule has 0 fully saturated rings. The van der Waals surface area contributed by atoms with Crippen LogP contribution in [0, 0.1) is 0 Å². The van der Waals surface area contributed by atoms with Gasteiger partial charge in [0.05, 0.1) is 22.2 Å². The van der Waals surface area contributed by atoms with Gasteiger partial charge in [-0.2, -0.15) is 9.97 Å². The Balaban J connectivity index is 1.01. The van der Waals surface area contributed by atoms with Gasteiger partial charge in [-0.25, -0.2) is 9.97 Å². The van der Waals surface area contributed by atoms with E-state index in [1.165, 1.54) is 0 Å². The SMILES string of the molecule is c1ccc(-c2ccc(-c3nc(-c4ccc(-c5nc(-c6ccc(-c7ccccc7)cc6)c6c(n5)oc5ccccc56)cc4)nc4oc5ccccc5c34)cc2)cc1. The highest BCUT2D eigenvalue weighted by Crippen LogP contribution is 2.39. The van der Waals surface area contributed by atoms with Crippen LogP contribution in [0.1, 0.15) is 0 Å². The predicted octanol–water partition coefficient (Wildman–Crippen LogP) is 13.1. The molecule has 0 unspecified atom stereocenters. The lowest BCUT2D eigenvalue weighted by Crippen LogP contribution is -1.96. The van der Waals surface area contributed by atoms with E-state index < -0.39 is 0 Å². The zero-order valence-electron chi connectivity index (χ0n) is 29.9. The number of aromatic nitrogens is 4. The van der Waals surface area contributed by atoms with Gasteiger partial charge in [0.2, 0.25) is 11.4 Å². The number of para-hydroxylation sites is 2. The third-order valence-corrected chi connectivity index (χ3v) is 10.4. The number of rotatable bonds is 6. The number of hydrogen-bond donors (Lipinski definition) is 0. The largest absolute Gasteiger partial charge is 0.438 e. The Labute approximate surface area is 321 Å². The van der Waals surface area contributed by atoms with Crippen molar-refractivity contribution in [1.82, 2.24) is 19.9 Å². The van der Waals surface area contributed by atoms with Crippen LogP contribution in [0.5, 0.6) is 0 Å². The van der Waals surface area contributed by atoms with E-state index in [1.54, 1.807) is 0 Å². The fourth-order valence-corrected chi connectivity index (χ4v) is 7.59. The Morgan fingerprint density at radius 2 is 0.589 bits per heavy atom. The number of nitrogens with zero attached hydrogens (tertiary/aromatic N) is 4. The third kappa shape index (κ3) is 5.43. The van der Waals surface area contributed by atoms with Gasteiger partial charge in [0, 0.05) is 33.0 Å². The van der Waals surface area contributed by atoms with Crippen LogP contribution >= 0.6 is 0 Å². The van der Waals surface area contributed by atoms with Gasteiger partial charge in [-0.1, -0.05) is 170 Å². The summed E-state index contributed by atoms with van der Waals surface area (Å²) in [7, 11) is 0. The van der Waals surface area contributed by atoms with Crippen LogP contribution in [0.2, 0.25) is 0 Å². The Morgan fingerprint density at radius 1 is 0.268 bits per heavy atom. The zero-order chi connectivity index (χ0) is 37.0. The fourth-order valence-electron chi connectivity index (χ4n) is 7.59. The summed E-state index contributed by atoms with van der Waals surface area (Å²) in [5.41, 5.74) is 12.6. The smallest absolute Gasteiger partial charge is 0.231 e. The average molecular weight is 719 g/mol. The van der Waals surface area contributed by atoms with Gasteiger partial charge in [-0.05, 0) is 34.4 Å². The molecule has 0 saturated heterocycles. The molecule has 4 heterocycles. The van der Waals surface area contributed by atoms with Gasteiger partial charge in [-0.15, -0.1) is 0 Å². The van der Waals surface area contributed by atoms with Gasteiger partial charge in [-0.3, -0.25) is 0 Å². The van der Waals surface area contributed by atoms with E-state index in [-0.39, 0.29) is 0 Å². The molecule has 7 aromatic carbocycles. The molecule has 6 nitrogen and oxygen atoms in total. The van der Waals surface area contributed by atoms with Gasteiger partial charge in [0.25, 0.3) is 0 Å². The molecular formula is C50H30N4O2. The Hall–Kier alpha value is -7.70. The van der Waals surface area contributed by atoms with Crippen molar-refractivity contribution in [2.45, 2.75) is 0 Å². The maximum atomic E-state index is 6.33. The second kappa shape index (κ2) is 13.0. The van der Waals surface area contributed by atoms with Crippen molar-refractivity contribution in [1.29, 1.82) is 0 Å². The van der Waals surface area contributed by atoms with Gasteiger partial charge in [0.15, 0.2) is 11.6 Å². The zero-order valence-corrected chi connectivity index (χ0v) is 29.9. The first-order valence-corrected chi connectivity index (χ1v) is 18.5. The Kier molecular flexibility index (Phi) is 7.38. The van der Waals surface area contributed by atoms with E-state index in [0.717, 1.165) is 88.6 Å². The van der Waals surface area contributed by atoms with Crippen molar-refractivity contribution in [3.05, 3.63) is 182 Å². The fraction of sp³-hybridized carbons (Fsp3) is 0. The minimum absolute atomic E-state index is 0.545. The number of furan rings is 2. The van der Waals surface area contributed by atoms with Crippen LogP contribution in [-0.2, 0) is 0 Å². The predicted molar refractivity (Wildman–Crippen MR) is 225 cm³/mol. The van der Waals surface area contributed by atoms with Crippen molar-refractivity contribution in [2.75, 3.05) is 0 Å². The summed E-state index contributed by atoms with van der Waals surface area (Å²) >= 11 is 0. The van der Waals surface area contributed by atoms with Crippen LogP contribution in [0.3, 0.4) is 0 Å². The van der Waals surface area contributed by atoms with Crippen molar-refractivity contribution in [2.24, 2.45) is 0 Å². The molecule has 56 heavy (non-hydrogen) atoms. The minimum Gasteiger partial charge on any atom is -0.438 e. The normalized spacial score (nSPS) is 11.6. The summed E-state index contributed by atoms with van der Waals surface area (Å²) in [5, 5.41) is 3.75. The van der Waals surface area contributed by atoms with Crippen LogP contribution < -0.4 is 0 Å². The topological polar surface area (TPSA) is 77.8 Å². The maximum absolute atomic E-state index is 6.33. The van der Waals surface area contributed by atoms with E-state index in [0.29, 0.717) is 23.1 Å². The lowest BCUT2D eigenvalue weighted by atomic mass is 10.0. The molecular weight excluding hydrogens is 689 g/mol. The van der Waals surface area contributed by atoms with Crippen molar-refractivity contribution >= 4 is 44.1 Å². The molecule has 4 aromatic heterocycles. The minimum atomic E-state index is 0.545. The standard InChI is InChI=1S/C50H30N4O2/c1-3-11-31(12-4-1)33-19-23-35(24-20-33)45-43-39-15-7-9-17-41(39)55-49(43)53-47(51-45)37-27-29-38(30-28-37)48-52-46(44-40-16-8-10-18-42(40)56-50(44)54-48)36-25-21-34(22-26-36)32-13-5-2-6-14-32/h1-30H. The first kappa shape index (κ1) is 31.8. The molecule has 0 bridgehead atoms. The van der Waals surface area contributed by atoms with Crippen LogP contribution in [0.15, 0.2) is 191 Å². The summed E-state index contributed by atoms with van der Waals surface area (Å²) in [4.78, 5) is 20.3. The average Bonchev–Trinajstić information content (AvgIpc) is 3.85. The summed E-state index contributed by atoms with van der Waals surface area (Å²) in [6.07, 6.45) is 0. The molecule has 11 aromatic rings. The number of benzene rings is 7. The van der Waals surface area contributed by atoms with E-state index in [4.69, 9.17) is 28.8 Å². The van der Waals surface area contributed by atoms with E-state index in [9.17, 15) is 0 Å². The highest BCUT2D eigenvalue weighted by Gasteiger charge is 2.20. The molecule has 0 N–H and O–H groups in total. The molecule has 0 saturated carbocycles. The van der Waals surface area contributed by atoms with E-state index in [2.05, 4.69) is 109 Å². The third-order valence-electron chi connectivity index (χ3n) is 10.4. The molecule has 0 atom stereocenters. The Bertz CT molecular complexity index is 2990. The second-order valence-corrected chi connectivity index (χ2v) is 13.8. The summed E-state index contributed by atoms with van der Waals surface area (Å²) in [6, 6.07) is 61.9. The highest BCUT2D eigenvalue weighted by molar-refractivity contribution is 6.11. The molecule has 0 aliphatic carbocycles. The second-order valence-electron chi connectivity index (χ2n) is 13.8.